The van der Waals surface area contributed by atoms with Crippen molar-refractivity contribution in [2.24, 2.45) is 0 Å². The zero-order chi connectivity index (χ0) is 28.8. The SMILES string of the molecule is CC(C)c1c(C(=O)c2cccc3ccccc23)n(C/C=C/c2ccccc2)c(=O)n(C/C=C/c2ccccc2)c1=O. The molecule has 0 saturated carbocycles. The summed E-state index contributed by atoms with van der Waals surface area (Å²) in [5.41, 5.74) is 1.94. The third-order valence-corrected chi connectivity index (χ3v) is 7.08. The average molecular weight is 541 g/mol. The standard InChI is InChI=1S/C36H32N2O3/c1-26(2)32-33(34(39)31-23-11-21-29-20-9-10-22-30(29)31)37(24-12-18-27-14-5-3-6-15-27)36(41)38(35(32)40)25-13-19-28-16-7-4-8-17-28/h3-23,26H,24-25H2,1-2H3/b18-12+,19-13+. The van der Waals surface area contributed by atoms with Gasteiger partial charge in [-0.25, -0.2) is 4.79 Å². The highest BCUT2D eigenvalue weighted by molar-refractivity contribution is 6.16. The minimum absolute atomic E-state index is 0.0947. The van der Waals surface area contributed by atoms with Gasteiger partial charge in [0.05, 0.1) is 0 Å². The lowest BCUT2D eigenvalue weighted by molar-refractivity contribution is 0.102. The molecular formula is C36H32N2O3. The van der Waals surface area contributed by atoms with E-state index in [0.717, 1.165) is 21.9 Å². The summed E-state index contributed by atoms with van der Waals surface area (Å²) in [5.74, 6) is -0.620. The predicted molar refractivity (Wildman–Crippen MR) is 167 cm³/mol. The summed E-state index contributed by atoms with van der Waals surface area (Å²) in [4.78, 5) is 42.2. The molecule has 5 rings (SSSR count). The van der Waals surface area contributed by atoms with Crippen LogP contribution < -0.4 is 11.2 Å². The molecule has 0 atom stereocenters. The van der Waals surface area contributed by atoms with Crippen LogP contribution in [0.3, 0.4) is 0 Å². The summed E-state index contributed by atoms with van der Waals surface area (Å²) < 4.78 is 2.68. The molecule has 0 unspecified atom stereocenters. The van der Waals surface area contributed by atoms with Gasteiger partial charge in [0.15, 0.2) is 0 Å². The number of ketones is 1. The Kier molecular flexibility index (Phi) is 8.35. The van der Waals surface area contributed by atoms with Crippen LogP contribution in [0.15, 0.2) is 125 Å². The molecule has 0 N–H and O–H groups in total. The van der Waals surface area contributed by atoms with Gasteiger partial charge in [0.1, 0.15) is 5.69 Å². The van der Waals surface area contributed by atoms with Gasteiger partial charge in [-0.05, 0) is 27.8 Å². The van der Waals surface area contributed by atoms with Crippen LogP contribution in [0.2, 0.25) is 0 Å². The number of carbonyl (C=O) groups is 1. The van der Waals surface area contributed by atoms with Gasteiger partial charge in [0.2, 0.25) is 5.78 Å². The maximum atomic E-state index is 14.3. The third-order valence-electron chi connectivity index (χ3n) is 7.08. The Hall–Kier alpha value is -5.03. The summed E-state index contributed by atoms with van der Waals surface area (Å²) in [5, 5.41) is 1.70. The van der Waals surface area contributed by atoms with Gasteiger partial charge in [-0.15, -0.1) is 0 Å². The van der Waals surface area contributed by atoms with E-state index in [-0.39, 0.29) is 30.5 Å². The topological polar surface area (TPSA) is 61.1 Å². The summed E-state index contributed by atoms with van der Waals surface area (Å²) in [7, 11) is 0. The molecule has 0 aliphatic heterocycles. The molecule has 204 valence electrons. The van der Waals surface area contributed by atoms with Crippen molar-refractivity contribution in [3.05, 3.63) is 164 Å². The Morgan fingerprint density at radius 2 is 1.22 bits per heavy atom. The maximum Gasteiger partial charge on any atom is 0.332 e. The van der Waals surface area contributed by atoms with Gasteiger partial charge < -0.3 is 0 Å². The first-order valence-corrected chi connectivity index (χ1v) is 13.8. The van der Waals surface area contributed by atoms with Crippen molar-refractivity contribution in [2.45, 2.75) is 32.9 Å². The number of rotatable bonds is 9. The first-order chi connectivity index (χ1) is 20.0. The largest absolute Gasteiger partial charge is 0.332 e. The van der Waals surface area contributed by atoms with Crippen molar-refractivity contribution in [1.29, 1.82) is 0 Å². The Morgan fingerprint density at radius 3 is 1.83 bits per heavy atom. The predicted octanol–water partition coefficient (Wildman–Crippen LogP) is 6.94. The van der Waals surface area contributed by atoms with Crippen LogP contribution in [-0.2, 0) is 13.1 Å². The van der Waals surface area contributed by atoms with E-state index < -0.39 is 11.2 Å². The zero-order valence-electron chi connectivity index (χ0n) is 23.2. The number of carbonyl (C=O) groups excluding carboxylic acids is 1. The molecule has 0 aliphatic rings. The van der Waals surface area contributed by atoms with Crippen LogP contribution in [-0.4, -0.2) is 14.9 Å². The first kappa shape index (κ1) is 27.5. The fourth-order valence-electron chi connectivity index (χ4n) is 5.08. The van der Waals surface area contributed by atoms with Crippen molar-refractivity contribution in [3.63, 3.8) is 0 Å². The lowest BCUT2D eigenvalue weighted by Gasteiger charge is -2.20. The highest BCUT2D eigenvalue weighted by atomic mass is 16.2. The van der Waals surface area contributed by atoms with Crippen molar-refractivity contribution < 1.29 is 4.79 Å². The molecule has 5 nitrogen and oxygen atoms in total. The van der Waals surface area contributed by atoms with Crippen molar-refractivity contribution >= 4 is 28.7 Å². The maximum absolute atomic E-state index is 14.3. The van der Waals surface area contributed by atoms with Crippen molar-refractivity contribution in [2.75, 3.05) is 0 Å². The quantitative estimate of drug-likeness (QED) is 0.190. The molecule has 0 fully saturated rings. The second-order valence-electron chi connectivity index (χ2n) is 10.2. The summed E-state index contributed by atoms with van der Waals surface area (Å²) in [6, 6.07) is 32.7. The van der Waals surface area contributed by atoms with Crippen LogP contribution >= 0.6 is 0 Å². The van der Waals surface area contributed by atoms with Gasteiger partial charge in [0.25, 0.3) is 5.56 Å². The molecule has 1 aromatic heterocycles. The van der Waals surface area contributed by atoms with E-state index in [0.29, 0.717) is 11.1 Å². The van der Waals surface area contributed by atoms with Crippen molar-refractivity contribution in [1.82, 2.24) is 9.13 Å². The monoisotopic (exact) mass is 540 g/mol. The van der Waals surface area contributed by atoms with Gasteiger partial charge in [-0.1, -0.05) is 141 Å². The minimum Gasteiger partial charge on any atom is -0.287 e. The summed E-state index contributed by atoms with van der Waals surface area (Å²) in [6.45, 7) is 4.00. The molecule has 5 heteroatoms. The molecule has 5 aromatic rings. The number of hydrogen-bond acceptors (Lipinski definition) is 3. The van der Waals surface area contributed by atoms with Gasteiger partial charge >= 0.3 is 5.69 Å². The number of hydrogen-bond donors (Lipinski definition) is 0. The molecule has 41 heavy (non-hydrogen) atoms. The van der Waals surface area contributed by atoms with E-state index in [2.05, 4.69) is 0 Å². The van der Waals surface area contributed by atoms with E-state index in [4.69, 9.17) is 0 Å². The van der Waals surface area contributed by atoms with Crippen molar-refractivity contribution in [3.8, 4) is 0 Å². The second kappa shape index (κ2) is 12.4. The Labute approximate surface area is 239 Å². The lowest BCUT2D eigenvalue weighted by atomic mass is 9.94. The molecular weight excluding hydrogens is 508 g/mol. The van der Waals surface area contributed by atoms with E-state index in [9.17, 15) is 14.4 Å². The molecule has 0 aliphatic carbocycles. The fourth-order valence-corrected chi connectivity index (χ4v) is 5.08. The summed E-state index contributed by atoms with van der Waals surface area (Å²) >= 11 is 0. The summed E-state index contributed by atoms with van der Waals surface area (Å²) in [6.07, 6.45) is 7.46. The molecule has 1 heterocycles. The average Bonchev–Trinajstić information content (AvgIpc) is 3.00. The number of fused-ring (bicyclic) bond motifs is 1. The van der Waals surface area contributed by atoms with Crippen LogP contribution in [0.5, 0.6) is 0 Å². The third kappa shape index (κ3) is 5.94. The van der Waals surface area contributed by atoms with E-state index in [1.54, 1.807) is 12.1 Å². The number of aromatic nitrogens is 2. The van der Waals surface area contributed by atoms with E-state index >= 15 is 0 Å². The van der Waals surface area contributed by atoms with Gasteiger partial charge in [-0.2, -0.15) is 0 Å². The van der Waals surface area contributed by atoms with Crippen LogP contribution in [0.25, 0.3) is 22.9 Å². The van der Waals surface area contributed by atoms with Crippen LogP contribution in [0.4, 0.5) is 0 Å². The van der Waals surface area contributed by atoms with E-state index in [1.165, 1.54) is 9.13 Å². The fraction of sp³-hybridized carbons (Fsp3) is 0.139. The molecule has 0 amide bonds. The molecule has 0 bridgehead atoms. The first-order valence-electron chi connectivity index (χ1n) is 13.8. The van der Waals surface area contributed by atoms with Gasteiger partial charge in [0, 0.05) is 24.2 Å². The van der Waals surface area contributed by atoms with Crippen LogP contribution in [0, 0.1) is 0 Å². The Balaban J connectivity index is 1.68. The number of benzene rings is 4. The molecule has 4 aromatic carbocycles. The Bertz CT molecular complexity index is 1860. The van der Waals surface area contributed by atoms with E-state index in [1.807, 2.05) is 129 Å². The minimum atomic E-state index is -0.515. The molecule has 0 radical (unpaired) electrons. The number of allylic oxidation sites excluding steroid dienone is 2. The molecule has 0 spiro atoms. The lowest BCUT2D eigenvalue weighted by Crippen LogP contribution is -2.45. The highest BCUT2D eigenvalue weighted by Crippen LogP contribution is 2.24. The Morgan fingerprint density at radius 1 is 0.683 bits per heavy atom. The zero-order valence-corrected chi connectivity index (χ0v) is 23.2. The van der Waals surface area contributed by atoms with Crippen LogP contribution in [0.1, 0.15) is 52.5 Å². The second-order valence-corrected chi connectivity index (χ2v) is 10.2. The highest BCUT2D eigenvalue weighted by Gasteiger charge is 2.27. The normalized spacial score (nSPS) is 11.7. The van der Waals surface area contributed by atoms with Gasteiger partial charge in [-0.3, -0.25) is 18.7 Å². The molecule has 0 saturated heterocycles. The number of nitrogens with zero attached hydrogens (tertiary/aromatic N) is 2. The smallest absolute Gasteiger partial charge is 0.287 e.